The Hall–Kier alpha value is -3.06. The summed E-state index contributed by atoms with van der Waals surface area (Å²) in [5, 5.41) is 9.98. The number of amides is 1. The third-order valence-electron chi connectivity index (χ3n) is 4.06. The lowest BCUT2D eigenvalue weighted by molar-refractivity contribution is -0.156. The molecule has 2 rings (SSSR count). The van der Waals surface area contributed by atoms with Crippen molar-refractivity contribution in [2.24, 2.45) is 0 Å². The average Bonchev–Trinajstić information content (AvgIpc) is 2.68. The number of anilines is 1. The predicted octanol–water partition coefficient (Wildman–Crippen LogP) is 5.19. The monoisotopic (exact) mass is 417 g/mol. The maximum atomic E-state index is 14.5. The van der Waals surface area contributed by atoms with Crippen LogP contribution in [0.4, 0.5) is 19.3 Å². The van der Waals surface area contributed by atoms with Gasteiger partial charge in [-0.3, -0.25) is 9.69 Å². The number of ether oxygens (including phenoxy) is 1. The van der Waals surface area contributed by atoms with E-state index in [0.29, 0.717) is 11.8 Å². The summed E-state index contributed by atoms with van der Waals surface area (Å²) in [4.78, 5) is 25.7. The zero-order valence-corrected chi connectivity index (χ0v) is 17.3. The highest BCUT2D eigenvalue weighted by molar-refractivity contribution is 5.98. The van der Waals surface area contributed by atoms with Crippen LogP contribution < -0.4 is 4.90 Å². The number of rotatable bonds is 6. The van der Waals surface area contributed by atoms with Gasteiger partial charge in [-0.2, -0.15) is 8.78 Å². The van der Waals surface area contributed by atoms with Gasteiger partial charge in [0.2, 0.25) is 5.78 Å². The summed E-state index contributed by atoms with van der Waals surface area (Å²) in [5.74, 6) is -5.72. The van der Waals surface area contributed by atoms with E-state index in [1.54, 1.807) is 51.1 Å². The van der Waals surface area contributed by atoms with Crippen LogP contribution in [0.15, 0.2) is 66.9 Å². The molecular formula is C23H25F2NO4. The van der Waals surface area contributed by atoms with E-state index in [4.69, 9.17) is 4.74 Å². The molecule has 5 nitrogen and oxygen atoms in total. The van der Waals surface area contributed by atoms with Gasteiger partial charge in [0.1, 0.15) is 5.60 Å². The van der Waals surface area contributed by atoms with Crippen LogP contribution in [0.1, 0.15) is 38.0 Å². The second-order valence-electron chi connectivity index (χ2n) is 7.80. The maximum absolute atomic E-state index is 14.5. The van der Waals surface area contributed by atoms with E-state index in [9.17, 15) is 23.5 Å². The lowest BCUT2D eigenvalue weighted by Crippen LogP contribution is -2.36. The van der Waals surface area contributed by atoms with Gasteiger partial charge in [-0.25, -0.2) is 4.79 Å². The third-order valence-corrected chi connectivity index (χ3v) is 4.06. The van der Waals surface area contributed by atoms with E-state index in [-0.39, 0.29) is 5.56 Å². The summed E-state index contributed by atoms with van der Waals surface area (Å²) < 4.78 is 34.3. The minimum atomic E-state index is -4.08. The van der Waals surface area contributed by atoms with Crippen molar-refractivity contribution in [2.45, 2.75) is 45.3 Å². The quantitative estimate of drug-likeness (QED) is 0.657. The molecule has 2 aromatic carbocycles. The van der Waals surface area contributed by atoms with E-state index in [2.05, 4.69) is 0 Å². The van der Waals surface area contributed by atoms with Gasteiger partial charge >= 0.3 is 12.0 Å². The Kier molecular flexibility index (Phi) is 7.10. The molecule has 1 atom stereocenters. The van der Waals surface area contributed by atoms with Gasteiger partial charge in [-0.05, 0) is 45.4 Å². The number of nitrogens with zero attached hydrogens (tertiary/aromatic N) is 1. The van der Waals surface area contributed by atoms with Gasteiger partial charge in [0, 0.05) is 12.3 Å². The molecule has 0 spiro atoms. The average molecular weight is 417 g/mol. The highest BCUT2D eigenvalue weighted by Gasteiger charge is 2.45. The molecule has 160 valence electrons. The third kappa shape index (κ3) is 5.97. The van der Waals surface area contributed by atoms with Crippen LogP contribution in [0.3, 0.4) is 0 Å². The first-order chi connectivity index (χ1) is 13.9. The number of aryl methyl sites for hydroxylation is 1. The number of benzene rings is 2. The smallest absolute Gasteiger partial charge is 0.418 e. The summed E-state index contributed by atoms with van der Waals surface area (Å²) in [6, 6.07) is 13.8. The van der Waals surface area contributed by atoms with Gasteiger partial charge in [0.15, 0.2) is 6.10 Å². The molecule has 1 amide bonds. The number of aliphatic hydroxyl groups excluding tert-OH is 1. The number of halogens is 2. The molecule has 0 radical (unpaired) electrons. The highest BCUT2D eigenvalue weighted by atomic mass is 19.3. The van der Waals surface area contributed by atoms with Crippen LogP contribution in [0.25, 0.3) is 0 Å². The van der Waals surface area contributed by atoms with Crippen molar-refractivity contribution < 1.29 is 28.2 Å². The van der Waals surface area contributed by atoms with Crippen LogP contribution in [0.5, 0.6) is 0 Å². The zero-order valence-electron chi connectivity index (χ0n) is 17.3. The Morgan fingerprint density at radius 3 is 2.13 bits per heavy atom. The fraction of sp³-hybridized carbons (Fsp3) is 0.304. The van der Waals surface area contributed by atoms with Gasteiger partial charge in [-0.15, -0.1) is 0 Å². The van der Waals surface area contributed by atoms with E-state index >= 15 is 0 Å². The maximum Gasteiger partial charge on any atom is 0.418 e. The lowest BCUT2D eigenvalue weighted by atomic mass is 10.0. The molecule has 0 heterocycles. The Labute approximate surface area is 174 Å². The lowest BCUT2D eigenvalue weighted by Gasteiger charge is -2.25. The summed E-state index contributed by atoms with van der Waals surface area (Å²) in [5.41, 5.74) is 0.351. The molecular weight excluding hydrogens is 392 g/mol. The zero-order chi connectivity index (χ0) is 22.5. The van der Waals surface area contributed by atoms with Crippen LogP contribution in [-0.4, -0.2) is 28.5 Å². The van der Waals surface area contributed by atoms with Gasteiger partial charge in [-0.1, -0.05) is 48.0 Å². The minimum absolute atomic E-state index is 0.0909. The Bertz CT molecular complexity index is 903. The highest BCUT2D eigenvalue weighted by Crippen LogP contribution is 2.32. The first kappa shape index (κ1) is 23.2. The molecule has 0 bridgehead atoms. The van der Waals surface area contributed by atoms with E-state index < -0.39 is 29.5 Å². The van der Waals surface area contributed by atoms with E-state index in [1.165, 1.54) is 24.3 Å². The standard InChI is InChI=1S/C23H25F2NO4/c1-16-10-12-18(13-11-16)26(21(29)30-22(2,3)4)15-14-19(27)23(24,25)20(28)17-8-6-5-7-9-17/h5-15,20,28H,1-4H3/b15-14+. The van der Waals surface area contributed by atoms with Crippen LogP contribution in [0.2, 0.25) is 0 Å². The summed E-state index contributed by atoms with van der Waals surface area (Å²) in [6.45, 7) is 6.85. The number of hydrogen-bond donors (Lipinski definition) is 1. The van der Waals surface area contributed by atoms with E-state index in [0.717, 1.165) is 16.7 Å². The Balaban J connectivity index is 2.30. The molecule has 0 aliphatic rings. The SMILES string of the molecule is Cc1ccc(N(/C=C/C(=O)C(F)(F)C(O)c2ccccc2)C(=O)OC(C)(C)C)cc1. The minimum Gasteiger partial charge on any atom is -0.443 e. The fourth-order valence-corrected chi connectivity index (χ4v) is 2.50. The molecule has 0 fully saturated rings. The number of alkyl halides is 2. The molecule has 0 saturated heterocycles. The van der Waals surface area contributed by atoms with Crippen LogP contribution >= 0.6 is 0 Å². The molecule has 1 N–H and O–H groups in total. The molecule has 0 aliphatic carbocycles. The second-order valence-corrected chi connectivity index (χ2v) is 7.80. The number of carbonyl (C=O) groups excluding carboxylic acids is 2. The van der Waals surface area contributed by atoms with Crippen molar-refractivity contribution in [3.63, 3.8) is 0 Å². The van der Waals surface area contributed by atoms with Crippen molar-refractivity contribution in [1.82, 2.24) is 0 Å². The number of carbonyl (C=O) groups is 2. The normalized spacial score (nSPS) is 13.2. The summed E-state index contributed by atoms with van der Waals surface area (Å²) >= 11 is 0. The number of ketones is 1. The number of allylic oxidation sites excluding steroid dienone is 1. The summed E-state index contributed by atoms with van der Waals surface area (Å²) in [6.07, 6.45) is -1.66. The molecule has 0 saturated carbocycles. The van der Waals surface area contributed by atoms with Crippen LogP contribution in [-0.2, 0) is 9.53 Å². The largest absolute Gasteiger partial charge is 0.443 e. The van der Waals surface area contributed by atoms with Crippen molar-refractivity contribution in [3.05, 3.63) is 78.0 Å². The fourth-order valence-electron chi connectivity index (χ4n) is 2.50. The van der Waals surface area contributed by atoms with E-state index in [1.807, 2.05) is 6.92 Å². The van der Waals surface area contributed by atoms with Crippen molar-refractivity contribution >= 4 is 17.6 Å². The Morgan fingerprint density at radius 2 is 1.60 bits per heavy atom. The number of aliphatic hydroxyl groups is 1. The first-order valence-electron chi connectivity index (χ1n) is 9.34. The van der Waals surface area contributed by atoms with Crippen molar-refractivity contribution in [3.8, 4) is 0 Å². The van der Waals surface area contributed by atoms with Crippen LogP contribution in [0, 0.1) is 6.92 Å². The van der Waals surface area contributed by atoms with Gasteiger partial charge in [0.25, 0.3) is 0 Å². The molecule has 30 heavy (non-hydrogen) atoms. The Morgan fingerprint density at radius 1 is 1.03 bits per heavy atom. The topological polar surface area (TPSA) is 66.8 Å². The molecule has 0 aliphatic heterocycles. The molecule has 1 unspecified atom stereocenters. The van der Waals surface area contributed by atoms with Gasteiger partial charge < -0.3 is 9.84 Å². The summed E-state index contributed by atoms with van der Waals surface area (Å²) in [7, 11) is 0. The van der Waals surface area contributed by atoms with Crippen molar-refractivity contribution in [1.29, 1.82) is 0 Å². The molecule has 2 aromatic rings. The molecule has 0 aromatic heterocycles. The number of hydrogen-bond acceptors (Lipinski definition) is 4. The molecule has 7 heteroatoms. The first-order valence-corrected chi connectivity index (χ1v) is 9.34. The second kappa shape index (κ2) is 9.17. The van der Waals surface area contributed by atoms with Crippen molar-refractivity contribution in [2.75, 3.05) is 4.90 Å². The van der Waals surface area contributed by atoms with Gasteiger partial charge in [0.05, 0.1) is 5.69 Å². The predicted molar refractivity (Wildman–Crippen MR) is 110 cm³/mol.